The van der Waals surface area contributed by atoms with E-state index in [1.165, 1.54) is 64.7 Å². The molecule has 0 aromatic carbocycles. The van der Waals surface area contributed by atoms with Crippen LogP contribution in [0.15, 0.2) is 0 Å². The van der Waals surface area contributed by atoms with E-state index >= 15 is 0 Å². The summed E-state index contributed by atoms with van der Waals surface area (Å²) in [6, 6.07) is 0.939. The van der Waals surface area contributed by atoms with Crippen LogP contribution in [-0.2, 0) is 0 Å². The van der Waals surface area contributed by atoms with Gasteiger partial charge in [-0.15, -0.1) is 0 Å². The van der Waals surface area contributed by atoms with Crippen LogP contribution in [0.3, 0.4) is 0 Å². The predicted molar refractivity (Wildman–Crippen MR) is 102 cm³/mol. The summed E-state index contributed by atoms with van der Waals surface area (Å²) in [5, 5.41) is 0. The van der Waals surface area contributed by atoms with Crippen molar-refractivity contribution in [1.29, 1.82) is 0 Å². The number of hydrogen-bond donors (Lipinski definition) is 0. The molecule has 138 valence electrons. The molecule has 2 aliphatic carbocycles. The maximum atomic E-state index is 2.91. The zero-order valence-electron chi connectivity index (χ0n) is 16.9. The van der Waals surface area contributed by atoms with Crippen LogP contribution < -0.4 is 0 Å². The Labute approximate surface area is 150 Å². The molecule has 0 radical (unpaired) electrons. The summed E-state index contributed by atoms with van der Waals surface area (Å²) in [5.74, 6) is 4.01. The summed E-state index contributed by atoms with van der Waals surface area (Å²) in [6.45, 7) is 17.5. The Bertz CT molecular complexity index is 433. The molecule has 0 bridgehead atoms. The SMILES string of the molecule is CC(C)C1CC2CN(C3CC4(CCN(C(C)(C)C)CC4)C3)CC2C1. The maximum Gasteiger partial charge on any atom is 0.0125 e. The van der Waals surface area contributed by atoms with Crippen LogP contribution in [0.4, 0.5) is 0 Å². The lowest BCUT2D eigenvalue weighted by molar-refractivity contribution is -0.0541. The Morgan fingerprint density at radius 3 is 1.92 bits per heavy atom. The third-order valence-electron chi connectivity index (χ3n) is 8.38. The fourth-order valence-electron chi connectivity index (χ4n) is 6.48. The highest BCUT2D eigenvalue weighted by Crippen LogP contribution is 2.54. The van der Waals surface area contributed by atoms with Crippen molar-refractivity contribution in [2.24, 2.45) is 29.1 Å². The van der Waals surface area contributed by atoms with Crippen LogP contribution >= 0.6 is 0 Å². The van der Waals surface area contributed by atoms with Gasteiger partial charge in [-0.25, -0.2) is 0 Å². The Morgan fingerprint density at radius 2 is 1.46 bits per heavy atom. The lowest BCUT2D eigenvalue weighted by atomic mass is 9.59. The minimum Gasteiger partial charge on any atom is -0.300 e. The molecular weight excluding hydrogens is 292 g/mol. The van der Waals surface area contributed by atoms with Crippen molar-refractivity contribution in [3.8, 4) is 0 Å². The van der Waals surface area contributed by atoms with E-state index in [0.717, 1.165) is 35.1 Å². The van der Waals surface area contributed by atoms with Crippen molar-refractivity contribution >= 4 is 0 Å². The molecular formula is C22H40N2. The minimum atomic E-state index is 0.365. The standard InChI is InChI=1S/C22H40N2/c1-16(2)17-10-18-14-23(15-19(18)11-17)20-12-22(13-20)6-8-24(9-7-22)21(3,4)5/h16-20H,6-15H2,1-5H3. The molecule has 2 heterocycles. The van der Waals surface area contributed by atoms with E-state index in [9.17, 15) is 0 Å². The Balaban J connectivity index is 1.25. The second kappa shape index (κ2) is 5.98. The molecule has 4 fully saturated rings. The quantitative estimate of drug-likeness (QED) is 0.726. The maximum absolute atomic E-state index is 2.91. The average molecular weight is 333 g/mol. The zero-order chi connectivity index (χ0) is 17.1. The van der Waals surface area contributed by atoms with E-state index in [1.807, 2.05) is 0 Å². The molecule has 2 aliphatic heterocycles. The molecule has 2 saturated heterocycles. The van der Waals surface area contributed by atoms with Crippen LogP contribution in [0.1, 0.15) is 73.1 Å². The van der Waals surface area contributed by atoms with E-state index in [-0.39, 0.29) is 0 Å². The third-order valence-corrected chi connectivity index (χ3v) is 8.38. The van der Waals surface area contributed by atoms with Gasteiger partial charge in [-0.05, 0) is 101 Å². The van der Waals surface area contributed by atoms with Crippen LogP contribution in [0.5, 0.6) is 0 Å². The van der Waals surface area contributed by atoms with Gasteiger partial charge in [0.15, 0.2) is 0 Å². The smallest absolute Gasteiger partial charge is 0.0125 e. The van der Waals surface area contributed by atoms with E-state index in [1.54, 1.807) is 0 Å². The van der Waals surface area contributed by atoms with Gasteiger partial charge in [-0.2, -0.15) is 0 Å². The summed E-state index contributed by atoms with van der Waals surface area (Å²) < 4.78 is 0. The molecule has 2 nitrogen and oxygen atoms in total. The first-order valence-electron chi connectivity index (χ1n) is 10.7. The Morgan fingerprint density at radius 1 is 0.917 bits per heavy atom. The van der Waals surface area contributed by atoms with Crippen LogP contribution in [-0.4, -0.2) is 47.6 Å². The summed E-state index contributed by atoms with van der Waals surface area (Å²) in [5.41, 5.74) is 1.09. The lowest BCUT2D eigenvalue weighted by Crippen LogP contribution is -2.57. The molecule has 0 aromatic rings. The summed E-state index contributed by atoms with van der Waals surface area (Å²) in [6.07, 6.45) is 8.98. The normalized spacial score (nSPS) is 38.0. The van der Waals surface area contributed by atoms with Gasteiger partial charge in [0, 0.05) is 24.7 Å². The highest BCUT2D eigenvalue weighted by molar-refractivity contribution is 5.05. The zero-order valence-corrected chi connectivity index (χ0v) is 16.9. The number of piperidine rings is 1. The molecule has 2 unspecified atom stereocenters. The number of likely N-dealkylation sites (tertiary alicyclic amines) is 2. The minimum absolute atomic E-state index is 0.365. The molecule has 4 aliphatic rings. The molecule has 2 saturated carbocycles. The van der Waals surface area contributed by atoms with E-state index in [2.05, 4.69) is 44.4 Å². The highest BCUT2D eigenvalue weighted by Gasteiger charge is 2.51. The number of fused-ring (bicyclic) bond motifs is 1. The van der Waals surface area contributed by atoms with Gasteiger partial charge >= 0.3 is 0 Å². The highest BCUT2D eigenvalue weighted by atomic mass is 15.2. The van der Waals surface area contributed by atoms with Crippen molar-refractivity contribution in [3.63, 3.8) is 0 Å². The first-order chi connectivity index (χ1) is 11.3. The molecule has 4 rings (SSSR count). The number of hydrogen-bond acceptors (Lipinski definition) is 2. The van der Waals surface area contributed by atoms with E-state index < -0.39 is 0 Å². The molecule has 0 amide bonds. The lowest BCUT2D eigenvalue weighted by Gasteiger charge is -2.56. The third kappa shape index (κ3) is 3.07. The van der Waals surface area contributed by atoms with Gasteiger partial charge in [-0.3, -0.25) is 9.80 Å². The van der Waals surface area contributed by atoms with Gasteiger partial charge < -0.3 is 0 Å². The van der Waals surface area contributed by atoms with Gasteiger partial charge in [0.1, 0.15) is 0 Å². The van der Waals surface area contributed by atoms with Crippen molar-refractivity contribution in [2.75, 3.05) is 26.2 Å². The van der Waals surface area contributed by atoms with Crippen molar-refractivity contribution in [2.45, 2.75) is 84.7 Å². The fourth-order valence-corrected chi connectivity index (χ4v) is 6.48. The second-order valence-corrected chi connectivity index (χ2v) is 11.2. The molecule has 2 heteroatoms. The fraction of sp³-hybridized carbons (Fsp3) is 1.00. The topological polar surface area (TPSA) is 6.48 Å². The molecule has 0 aromatic heterocycles. The summed E-state index contributed by atoms with van der Waals surface area (Å²) >= 11 is 0. The van der Waals surface area contributed by atoms with Crippen molar-refractivity contribution in [1.82, 2.24) is 9.80 Å². The van der Waals surface area contributed by atoms with Crippen LogP contribution in [0.2, 0.25) is 0 Å². The number of rotatable bonds is 2. The van der Waals surface area contributed by atoms with Crippen LogP contribution in [0, 0.1) is 29.1 Å². The van der Waals surface area contributed by atoms with E-state index in [4.69, 9.17) is 0 Å². The van der Waals surface area contributed by atoms with Gasteiger partial charge in [0.2, 0.25) is 0 Å². The van der Waals surface area contributed by atoms with E-state index in [0.29, 0.717) is 5.54 Å². The van der Waals surface area contributed by atoms with Gasteiger partial charge in [-0.1, -0.05) is 13.8 Å². The Kier molecular flexibility index (Phi) is 4.32. The largest absolute Gasteiger partial charge is 0.300 e. The van der Waals surface area contributed by atoms with Crippen LogP contribution in [0.25, 0.3) is 0 Å². The van der Waals surface area contributed by atoms with Crippen molar-refractivity contribution in [3.05, 3.63) is 0 Å². The predicted octanol–water partition coefficient (Wildman–Crippen LogP) is 4.64. The number of nitrogens with zero attached hydrogens (tertiary/aromatic N) is 2. The monoisotopic (exact) mass is 332 g/mol. The molecule has 24 heavy (non-hydrogen) atoms. The van der Waals surface area contributed by atoms with Gasteiger partial charge in [0.05, 0.1) is 0 Å². The average Bonchev–Trinajstić information content (AvgIpc) is 3.02. The van der Waals surface area contributed by atoms with Gasteiger partial charge in [0.25, 0.3) is 0 Å². The first-order valence-corrected chi connectivity index (χ1v) is 10.7. The second-order valence-electron chi connectivity index (χ2n) is 11.2. The molecule has 2 atom stereocenters. The summed E-state index contributed by atoms with van der Waals surface area (Å²) in [7, 11) is 0. The first kappa shape index (κ1) is 17.3. The summed E-state index contributed by atoms with van der Waals surface area (Å²) in [4.78, 5) is 5.62. The van der Waals surface area contributed by atoms with Crippen molar-refractivity contribution < 1.29 is 0 Å². The molecule has 1 spiro atoms. The Hall–Kier alpha value is -0.0800. The molecule has 0 N–H and O–H groups in total.